The van der Waals surface area contributed by atoms with Gasteiger partial charge >= 0.3 is 0 Å². The van der Waals surface area contributed by atoms with Crippen LogP contribution in [-0.2, 0) is 9.59 Å². The molecule has 20 heavy (non-hydrogen) atoms. The van der Waals surface area contributed by atoms with E-state index in [0.29, 0.717) is 0 Å². The normalized spacial score (nSPS) is 43.1. The lowest BCUT2D eigenvalue weighted by molar-refractivity contribution is -0.147. The zero-order valence-corrected chi connectivity index (χ0v) is 14.0. The summed E-state index contributed by atoms with van der Waals surface area (Å²) in [5.41, 5.74) is -1.21. The van der Waals surface area contributed by atoms with E-state index in [1.807, 2.05) is 11.8 Å². The Morgan fingerprint density at radius 2 is 1.85 bits per heavy atom. The van der Waals surface area contributed by atoms with E-state index in [1.165, 1.54) is 0 Å². The van der Waals surface area contributed by atoms with Gasteiger partial charge in [0.25, 0.3) is 0 Å². The van der Waals surface area contributed by atoms with Gasteiger partial charge in [-0.15, -0.1) is 0 Å². The number of nitrogens with zero attached hydrogens (tertiary/aromatic N) is 1. The predicted molar refractivity (Wildman–Crippen MR) is 80.7 cm³/mol. The summed E-state index contributed by atoms with van der Waals surface area (Å²) in [5, 5.41) is 3.28. The molecule has 0 unspecified atom stereocenters. The number of fused-ring (bicyclic) bond motifs is 2. The van der Waals surface area contributed by atoms with E-state index in [9.17, 15) is 9.59 Å². The summed E-state index contributed by atoms with van der Waals surface area (Å²) >= 11 is 3.58. The molecule has 0 aromatic heterocycles. The van der Waals surface area contributed by atoms with Gasteiger partial charge in [-0.05, 0) is 18.3 Å². The fraction of sp³-hybridized carbons (Fsp3) is 0.867. The van der Waals surface area contributed by atoms with E-state index >= 15 is 0 Å². The number of amides is 1. The molecule has 0 aromatic carbocycles. The summed E-state index contributed by atoms with van der Waals surface area (Å²) in [6.45, 7) is 9.46. The van der Waals surface area contributed by atoms with Crippen LogP contribution in [0, 0.1) is 16.2 Å². The highest BCUT2D eigenvalue weighted by Gasteiger charge is 2.77. The van der Waals surface area contributed by atoms with Gasteiger partial charge in [-0.3, -0.25) is 9.59 Å². The third-order valence-electron chi connectivity index (χ3n) is 6.51. The van der Waals surface area contributed by atoms with E-state index < -0.39 is 5.41 Å². The zero-order chi connectivity index (χ0) is 14.8. The van der Waals surface area contributed by atoms with Gasteiger partial charge in [0.1, 0.15) is 0 Å². The van der Waals surface area contributed by atoms with Crippen LogP contribution < -0.4 is 5.32 Å². The van der Waals surface area contributed by atoms with Crippen molar-refractivity contribution in [3.8, 4) is 0 Å². The maximum absolute atomic E-state index is 13.2. The summed E-state index contributed by atoms with van der Waals surface area (Å²) in [7, 11) is 0. The monoisotopic (exact) mass is 342 g/mol. The molecule has 1 amide bonds. The quantitative estimate of drug-likeness (QED) is 0.736. The highest BCUT2D eigenvalue weighted by Crippen LogP contribution is 2.72. The van der Waals surface area contributed by atoms with Gasteiger partial charge in [0.15, 0.2) is 5.78 Å². The molecule has 3 atom stereocenters. The first kappa shape index (κ1) is 14.5. The van der Waals surface area contributed by atoms with Crippen LogP contribution in [-0.4, -0.2) is 47.6 Å². The van der Waals surface area contributed by atoms with Crippen molar-refractivity contribution >= 4 is 27.6 Å². The Labute approximate surface area is 128 Å². The van der Waals surface area contributed by atoms with Crippen molar-refractivity contribution in [1.29, 1.82) is 0 Å². The van der Waals surface area contributed by atoms with Gasteiger partial charge < -0.3 is 10.2 Å². The van der Waals surface area contributed by atoms with Crippen molar-refractivity contribution in [2.24, 2.45) is 16.2 Å². The molecule has 0 radical (unpaired) electrons. The number of hydrogen-bond donors (Lipinski definition) is 1. The van der Waals surface area contributed by atoms with E-state index in [0.717, 1.165) is 39.0 Å². The number of hydrogen-bond acceptors (Lipinski definition) is 3. The van der Waals surface area contributed by atoms with E-state index in [1.54, 1.807) is 0 Å². The lowest BCUT2D eigenvalue weighted by atomic mass is 9.64. The first-order valence-corrected chi connectivity index (χ1v) is 8.39. The second-order valence-electron chi connectivity index (χ2n) is 7.20. The van der Waals surface area contributed by atoms with Gasteiger partial charge in [0, 0.05) is 31.6 Å². The first-order valence-electron chi connectivity index (χ1n) is 7.47. The van der Waals surface area contributed by atoms with Crippen molar-refractivity contribution in [2.75, 3.05) is 26.2 Å². The third kappa shape index (κ3) is 1.41. The van der Waals surface area contributed by atoms with Crippen molar-refractivity contribution < 1.29 is 9.59 Å². The molecule has 3 fully saturated rings. The molecular formula is C15H23BrN2O2. The van der Waals surface area contributed by atoms with Crippen molar-refractivity contribution in [2.45, 2.75) is 38.4 Å². The Hall–Kier alpha value is -0.420. The second-order valence-corrected chi connectivity index (χ2v) is 8.11. The number of piperazine rings is 1. The number of Topliss-reactive ketones (excluding diaryl/α,β-unsaturated/α-hetero) is 1. The SMILES string of the molecule is CC1(C)[C@]2(C(=O)N3CCNCC3)CC[C@]1(C)C(=O)[C@@H]2Br. The average Bonchev–Trinajstić information content (AvgIpc) is 2.71. The van der Waals surface area contributed by atoms with Crippen molar-refractivity contribution in [3.63, 3.8) is 0 Å². The molecule has 4 nitrogen and oxygen atoms in total. The minimum absolute atomic E-state index is 0.181. The van der Waals surface area contributed by atoms with Crippen LogP contribution >= 0.6 is 15.9 Å². The summed E-state index contributed by atoms with van der Waals surface area (Å²) in [4.78, 5) is 27.5. The Morgan fingerprint density at radius 1 is 1.25 bits per heavy atom. The van der Waals surface area contributed by atoms with Crippen molar-refractivity contribution in [1.82, 2.24) is 10.2 Å². The molecule has 112 valence electrons. The largest absolute Gasteiger partial charge is 0.340 e. The molecule has 2 saturated carbocycles. The molecule has 0 aromatic rings. The van der Waals surface area contributed by atoms with Crippen LogP contribution in [0.15, 0.2) is 0 Å². The number of carbonyl (C=O) groups excluding carboxylic acids is 2. The summed E-state index contributed by atoms with van der Waals surface area (Å²) in [5.74, 6) is 0.401. The smallest absolute Gasteiger partial charge is 0.231 e. The Morgan fingerprint density at radius 3 is 2.35 bits per heavy atom. The molecule has 1 saturated heterocycles. The number of nitrogens with one attached hydrogen (secondary N) is 1. The molecule has 1 heterocycles. The molecular weight excluding hydrogens is 320 g/mol. The van der Waals surface area contributed by atoms with Crippen LogP contribution in [0.5, 0.6) is 0 Å². The van der Waals surface area contributed by atoms with Crippen LogP contribution in [0.2, 0.25) is 0 Å². The predicted octanol–water partition coefficient (Wildman–Crippen LogP) is 1.58. The highest BCUT2D eigenvalue weighted by atomic mass is 79.9. The van der Waals surface area contributed by atoms with Crippen molar-refractivity contribution in [3.05, 3.63) is 0 Å². The molecule has 2 aliphatic carbocycles. The maximum Gasteiger partial charge on any atom is 0.231 e. The maximum atomic E-state index is 13.2. The van der Waals surface area contributed by atoms with Gasteiger partial charge in [-0.25, -0.2) is 0 Å². The van der Waals surface area contributed by atoms with Crippen LogP contribution in [0.3, 0.4) is 0 Å². The number of halogens is 1. The van der Waals surface area contributed by atoms with E-state index in [2.05, 4.69) is 35.1 Å². The number of rotatable bonds is 1. The van der Waals surface area contributed by atoms with Crippen LogP contribution in [0.1, 0.15) is 33.6 Å². The highest BCUT2D eigenvalue weighted by molar-refractivity contribution is 9.10. The van der Waals surface area contributed by atoms with Gasteiger partial charge in [-0.1, -0.05) is 36.7 Å². The van der Waals surface area contributed by atoms with E-state index in [-0.39, 0.29) is 27.3 Å². The lowest BCUT2D eigenvalue weighted by Crippen LogP contribution is -2.56. The summed E-state index contributed by atoms with van der Waals surface area (Å²) < 4.78 is 0. The number of alkyl halides is 1. The molecule has 5 heteroatoms. The average molecular weight is 343 g/mol. The molecule has 0 spiro atoms. The van der Waals surface area contributed by atoms with Gasteiger partial charge in [0.2, 0.25) is 5.91 Å². The fourth-order valence-corrected chi connectivity index (χ4v) is 6.08. The first-order chi connectivity index (χ1) is 9.29. The van der Waals surface area contributed by atoms with E-state index in [4.69, 9.17) is 0 Å². The number of ketones is 1. The van der Waals surface area contributed by atoms with Crippen LogP contribution in [0.25, 0.3) is 0 Å². The van der Waals surface area contributed by atoms with Gasteiger partial charge in [0.05, 0.1) is 10.2 Å². The number of carbonyl (C=O) groups is 2. The molecule has 1 aliphatic heterocycles. The molecule has 3 aliphatic rings. The lowest BCUT2D eigenvalue weighted by Gasteiger charge is -2.43. The molecule has 1 N–H and O–H groups in total. The minimum Gasteiger partial charge on any atom is -0.340 e. The summed E-state index contributed by atoms with van der Waals surface area (Å²) in [6.07, 6.45) is 1.65. The second kappa shape index (κ2) is 4.29. The fourth-order valence-electron chi connectivity index (χ4n) is 4.58. The van der Waals surface area contributed by atoms with Gasteiger partial charge in [-0.2, -0.15) is 0 Å². The zero-order valence-electron chi connectivity index (χ0n) is 12.5. The Balaban J connectivity index is 2.02. The summed E-state index contributed by atoms with van der Waals surface area (Å²) in [6, 6.07) is 0. The topological polar surface area (TPSA) is 49.4 Å². The third-order valence-corrected chi connectivity index (χ3v) is 7.70. The molecule has 3 rings (SSSR count). The minimum atomic E-state index is -0.559. The van der Waals surface area contributed by atoms with Crippen LogP contribution in [0.4, 0.5) is 0 Å². The standard InChI is InChI=1S/C15H23BrN2O2/c1-13(2)14(3)4-5-15(13,10(16)11(14)19)12(20)18-8-6-17-7-9-18/h10,17H,4-9H2,1-3H3/t10-,14+,15+/m0/s1. The Kier molecular flexibility index (Phi) is 3.11. The molecule has 2 bridgehead atoms. The Bertz CT molecular complexity index is 472.